The van der Waals surface area contributed by atoms with E-state index in [-0.39, 0.29) is 6.61 Å². The highest BCUT2D eigenvalue weighted by Gasteiger charge is 2.21. The van der Waals surface area contributed by atoms with Crippen LogP contribution in [0.15, 0.2) is 18.2 Å². The van der Waals surface area contributed by atoms with Gasteiger partial charge in [0.15, 0.2) is 11.4 Å². The Labute approximate surface area is 172 Å². The molecular weight excluding hydrogens is 372 g/mol. The molecular formula is C22H32N2O3S. The number of anilines is 1. The second-order valence-corrected chi connectivity index (χ2v) is 7.89. The maximum absolute atomic E-state index is 11.8. The SMILES string of the molecule is CCCCCCN(CCCC)c1nc(-c2c(CO)cccc2OC)c(C=O)s1. The van der Waals surface area contributed by atoms with Crippen LogP contribution in [0.3, 0.4) is 0 Å². The summed E-state index contributed by atoms with van der Waals surface area (Å²) in [6.45, 7) is 6.15. The van der Waals surface area contributed by atoms with Crippen LogP contribution in [0, 0.1) is 0 Å². The maximum atomic E-state index is 11.8. The van der Waals surface area contributed by atoms with Gasteiger partial charge in [-0.2, -0.15) is 0 Å². The van der Waals surface area contributed by atoms with Gasteiger partial charge >= 0.3 is 0 Å². The molecule has 0 fully saturated rings. The molecule has 5 nitrogen and oxygen atoms in total. The topological polar surface area (TPSA) is 62.7 Å². The van der Waals surface area contributed by atoms with Crippen LogP contribution >= 0.6 is 11.3 Å². The van der Waals surface area contributed by atoms with Crippen molar-refractivity contribution in [2.24, 2.45) is 0 Å². The second-order valence-electron chi connectivity index (χ2n) is 6.88. The molecule has 1 aromatic carbocycles. The van der Waals surface area contributed by atoms with E-state index in [1.54, 1.807) is 7.11 Å². The van der Waals surface area contributed by atoms with E-state index in [0.29, 0.717) is 27.4 Å². The molecule has 0 saturated heterocycles. The van der Waals surface area contributed by atoms with Gasteiger partial charge in [-0.3, -0.25) is 4.79 Å². The predicted octanol–water partition coefficient (Wildman–Crippen LogP) is 5.31. The van der Waals surface area contributed by atoms with Gasteiger partial charge in [-0.25, -0.2) is 4.98 Å². The molecule has 0 unspecified atom stereocenters. The van der Waals surface area contributed by atoms with Gasteiger partial charge in [0.25, 0.3) is 0 Å². The summed E-state index contributed by atoms with van der Waals surface area (Å²) < 4.78 is 5.49. The lowest BCUT2D eigenvalue weighted by Gasteiger charge is -2.21. The Morgan fingerprint density at radius 2 is 1.89 bits per heavy atom. The van der Waals surface area contributed by atoms with Crippen LogP contribution in [0.4, 0.5) is 5.13 Å². The Morgan fingerprint density at radius 3 is 2.54 bits per heavy atom. The van der Waals surface area contributed by atoms with E-state index < -0.39 is 0 Å². The molecule has 0 aliphatic heterocycles. The Bertz CT molecular complexity index is 723. The lowest BCUT2D eigenvalue weighted by Crippen LogP contribution is -2.25. The van der Waals surface area contributed by atoms with Crippen LogP contribution in [0.2, 0.25) is 0 Å². The summed E-state index contributed by atoms with van der Waals surface area (Å²) >= 11 is 1.42. The monoisotopic (exact) mass is 404 g/mol. The summed E-state index contributed by atoms with van der Waals surface area (Å²) in [6.07, 6.45) is 7.85. The standard InChI is InChI=1S/C22H32N2O3S/c1-4-6-8-9-14-24(13-7-5-2)22-23-21(19(16-26)28-22)20-17(15-25)11-10-12-18(20)27-3/h10-12,16,25H,4-9,13-15H2,1-3H3. The highest BCUT2D eigenvalue weighted by Crippen LogP contribution is 2.39. The normalized spacial score (nSPS) is 10.9. The van der Waals surface area contributed by atoms with E-state index in [1.807, 2.05) is 18.2 Å². The molecule has 0 bridgehead atoms. The first kappa shape index (κ1) is 22.4. The molecule has 0 aliphatic rings. The number of aliphatic hydroxyl groups excluding tert-OH is 1. The number of nitrogens with zero attached hydrogens (tertiary/aromatic N) is 2. The first-order chi connectivity index (χ1) is 13.7. The molecule has 0 amide bonds. The molecule has 0 atom stereocenters. The number of benzene rings is 1. The third kappa shape index (κ3) is 5.55. The molecule has 0 saturated carbocycles. The van der Waals surface area contributed by atoms with Crippen molar-refractivity contribution < 1.29 is 14.6 Å². The van der Waals surface area contributed by atoms with E-state index >= 15 is 0 Å². The summed E-state index contributed by atoms with van der Waals surface area (Å²) in [5.41, 5.74) is 2.02. The maximum Gasteiger partial charge on any atom is 0.186 e. The number of rotatable bonds is 13. The van der Waals surface area contributed by atoms with Crippen molar-refractivity contribution in [1.82, 2.24) is 4.98 Å². The largest absolute Gasteiger partial charge is 0.496 e. The number of aromatic nitrogens is 1. The van der Waals surface area contributed by atoms with Crippen molar-refractivity contribution in [2.45, 2.75) is 59.0 Å². The zero-order chi connectivity index (χ0) is 20.4. The van der Waals surface area contributed by atoms with Gasteiger partial charge in [0, 0.05) is 18.7 Å². The summed E-state index contributed by atoms with van der Waals surface area (Å²) in [6, 6.07) is 5.51. The van der Waals surface area contributed by atoms with Crippen molar-refractivity contribution in [3.8, 4) is 17.0 Å². The average molecular weight is 405 g/mol. The molecule has 28 heavy (non-hydrogen) atoms. The second kappa shape index (κ2) is 11.8. The highest BCUT2D eigenvalue weighted by atomic mass is 32.1. The van der Waals surface area contributed by atoms with Crippen LogP contribution in [0.25, 0.3) is 11.3 Å². The molecule has 1 aromatic heterocycles. The lowest BCUT2D eigenvalue weighted by atomic mass is 10.0. The lowest BCUT2D eigenvalue weighted by molar-refractivity contribution is 0.112. The van der Waals surface area contributed by atoms with Crippen LogP contribution in [-0.2, 0) is 6.61 Å². The minimum atomic E-state index is -0.131. The van der Waals surface area contributed by atoms with Gasteiger partial charge in [-0.1, -0.05) is 63.0 Å². The van der Waals surface area contributed by atoms with Crippen molar-refractivity contribution in [3.63, 3.8) is 0 Å². The average Bonchev–Trinajstić information content (AvgIpc) is 3.16. The van der Waals surface area contributed by atoms with Crippen LogP contribution in [0.5, 0.6) is 5.75 Å². The molecule has 6 heteroatoms. The number of hydrogen-bond acceptors (Lipinski definition) is 6. The third-order valence-electron chi connectivity index (χ3n) is 4.82. The fourth-order valence-corrected chi connectivity index (χ4v) is 4.18. The van der Waals surface area contributed by atoms with Gasteiger partial charge in [0.05, 0.1) is 24.3 Å². The molecule has 0 radical (unpaired) electrons. The molecule has 1 heterocycles. The number of hydrogen-bond donors (Lipinski definition) is 1. The van der Waals surface area contributed by atoms with Crippen LogP contribution in [-0.4, -0.2) is 36.6 Å². The summed E-state index contributed by atoms with van der Waals surface area (Å²) in [5, 5.41) is 10.7. The first-order valence-corrected chi connectivity index (χ1v) is 11.0. The van der Waals surface area contributed by atoms with E-state index in [0.717, 1.165) is 43.8 Å². The number of aliphatic hydroxyl groups is 1. The zero-order valence-electron chi connectivity index (χ0n) is 17.2. The van der Waals surface area contributed by atoms with E-state index in [1.165, 1.54) is 30.6 Å². The number of methoxy groups -OCH3 is 1. The van der Waals surface area contributed by atoms with Gasteiger partial charge in [0.1, 0.15) is 5.75 Å². The van der Waals surface area contributed by atoms with Crippen LogP contribution < -0.4 is 9.64 Å². The van der Waals surface area contributed by atoms with Gasteiger partial charge in [-0.05, 0) is 24.5 Å². The number of carbonyl (C=O) groups is 1. The fourth-order valence-electron chi connectivity index (χ4n) is 3.24. The number of thiazole rings is 1. The van der Waals surface area contributed by atoms with E-state index in [9.17, 15) is 9.90 Å². The highest BCUT2D eigenvalue weighted by molar-refractivity contribution is 7.17. The van der Waals surface area contributed by atoms with Crippen LogP contribution in [0.1, 0.15) is 67.6 Å². The van der Waals surface area contributed by atoms with Crippen molar-refractivity contribution >= 4 is 22.8 Å². The minimum Gasteiger partial charge on any atom is -0.496 e. The number of aldehydes is 1. The quantitative estimate of drug-likeness (QED) is 0.362. The van der Waals surface area contributed by atoms with Crippen molar-refractivity contribution in [2.75, 3.05) is 25.1 Å². The number of ether oxygens (including phenoxy) is 1. The number of carbonyl (C=O) groups excluding carboxylic acids is 1. The molecule has 0 spiro atoms. The Kier molecular flexibility index (Phi) is 9.44. The zero-order valence-corrected chi connectivity index (χ0v) is 18.1. The Hall–Kier alpha value is -1.92. The van der Waals surface area contributed by atoms with Gasteiger partial charge < -0.3 is 14.7 Å². The van der Waals surface area contributed by atoms with Gasteiger partial charge in [-0.15, -0.1) is 0 Å². The Morgan fingerprint density at radius 1 is 1.14 bits per heavy atom. The number of unbranched alkanes of at least 4 members (excludes halogenated alkanes) is 4. The molecule has 0 aliphatic carbocycles. The Balaban J connectivity index is 2.40. The summed E-state index contributed by atoms with van der Waals surface area (Å²) in [7, 11) is 1.59. The third-order valence-corrected chi connectivity index (χ3v) is 5.86. The molecule has 154 valence electrons. The molecule has 2 rings (SSSR count). The predicted molar refractivity (Wildman–Crippen MR) is 117 cm³/mol. The van der Waals surface area contributed by atoms with E-state index in [2.05, 4.69) is 18.7 Å². The molecule has 2 aromatic rings. The minimum absolute atomic E-state index is 0.131. The fraction of sp³-hybridized carbons (Fsp3) is 0.545. The summed E-state index contributed by atoms with van der Waals surface area (Å²) in [5.74, 6) is 0.620. The van der Waals surface area contributed by atoms with Crippen molar-refractivity contribution in [3.05, 3.63) is 28.6 Å². The van der Waals surface area contributed by atoms with Crippen molar-refractivity contribution in [1.29, 1.82) is 0 Å². The molecule has 1 N–H and O–H groups in total. The summed E-state index contributed by atoms with van der Waals surface area (Å²) in [4.78, 5) is 19.5. The van der Waals surface area contributed by atoms with E-state index in [4.69, 9.17) is 9.72 Å². The smallest absolute Gasteiger partial charge is 0.186 e. The first-order valence-electron chi connectivity index (χ1n) is 10.2. The van der Waals surface area contributed by atoms with Gasteiger partial charge in [0.2, 0.25) is 0 Å².